The molecule has 6 N–H and O–H groups in total. The lowest BCUT2D eigenvalue weighted by Gasteiger charge is -2.28. The fourth-order valence-corrected chi connectivity index (χ4v) is 4.61. The third-order valence-corrected chi connectivity index (χ3v) is 6.34. The zero-order valence-electron chi connectivity index (χ0n) is 20.9. The number of nitriles is 2. The number of nitrogens with zero attached hydrogens (tertiary/aromatic N) is 5. The Morgan fingerprint density at radius 2 is 1.53 bits per heavy atom. The number of hydrogen-bond acceptors (Lipinski definition) is 9. The summed E-state index contributed by atoms with van der Waals surface area (Å²) in [6.07, 6.45) is 1.87. The number of aryl methyl sites for hydroxylation is 2. The summed E-state index contributed by atoms with van der Waals surface area (Å²) >= 11 is 0. The fraction of sp³-hybridized carbons (Fsp3) is 0.103. The van der Waals surface area contributed by atoms with E-state index in [-0.39, 0.29) is 23.0 Å². The average molecular weight is 500 g/mol. The maximum Gasteiger partial charge on any atom is 0.211 e. The van der Waals surface area contributed by atoms with Gasteiger partial charge in [-0.05, 0) is 66.9 Å². The van der Waals surface area contributed by atoms with Gasteiger partial charge in [-0.3, -0.25) is 5.32 Å². The summed E-state index contributed by atoms with van der Waals surface area (Å²) in [4.78, 5) is 11.2. The first-order chi connectivity index (χ1) is 18.4. The molecular formula is C29H25N9. The molecule has 0 aliphatic carbocycles. The third-order valence-electron chi connectivity index (χ3n) is 6.34. The molecule has 3 aromatic carbocycles. The standard InChI is InChI=1S/C29H25N9/c1-17-5-3-7-21(13-17)38(22-8-4-6-18(2)14-22)20-11-9-19(10-12-20)26-24-25(32)23(15-30)27(33)36-28(24)37-29(35-26)34-16-31/h3-14,26H,1-2H3,(H6,32,33,34,35,36,37). The maximum absolute atomic E-state index is 9.58. The van der Waals surface area contributed by atoms with Crippen molar-refractivity contribution in [3.05, 3.63) is 101 Å². The molecule has 0 fully saturated rings. The number of pyridine rings is 1. The minimum absolute atomic E-state index is 0.00973. The van der Waals surface area contributed by atoms with Gasteiger partial charge in [-0.1, -0.05) is 36.4 Å². The first-order valence-electron chi connectivity index (χ1n) is 11.9. The van der Waals surface area contributed by atoms with Crippen LogP contribution in [0.1, 0.15) is 33.9 Å². The van der Waals surface area contributed by atoms with Gasteiger partial charge in [0, 0.05) is 22.6 Å². The predicted octanol–water partition coefficient (Wildman–Crippen LogP) is 5.15. The molecule has 1 aliphatic heterocycles. The number of hydrogen-bond donors (Lipinski definition) is 4. The van der Waals surface area contributed by atoms with Gasteiger partial charge in [0.2, 0.25) is 5.96 Å². The Labute approximate surface area is 220 Å². The van der Waals surface area contributed by atoms with E-state index in [0.29, 0.717) is 11.4 Å². The van der Waals surface area contributed by atoms with Crippen molar-refractivity contribution in [3.8, 4) is 12.3 Å². The van der Waals surface area contributed by atoms with Gasteiger partial charge in [0.05, 0.1) is 5.69 Å². The van der Waals surface area contributed by atoms with E-state index in [2.05, 4.69) is 75.8 Å². The zero-order chi connectivity index (χ0) is 26.8. The Morgan fingerprint density at radius 3 is 2.08 bits per heavy atom. The number of anilines is 6. The highest BCUT2D eigenvalue weighted by atomic mass is 15.2. The van der Waals surface area contributed by atoms with Crippen LogP contribution < -0.4 is 27.0 Å². The molecule has 186 valence electrons. The van der Waals surface area contributed by atoms with Gasteiger partial charge in [-0.2, -0.15) is 10.5 Å². The van der Waals surface area contributed by atoms with Gasteiger partial charge in [0.1, 0.15) is 29.3 Å². The first-order valence-corrected chi connectivity index (χ1v) is 11.9. The second-order valence-corrected chi connectivity index (χ2v) is 9.01. The zero-order valence-corrected chi connectivity index (χ0v) is 20.9. The van der Waals surface area contributed by atoms with Crippen LogP contribution in [0.25, 0.3) is 0 Å². The first kappa shape index (κ1) is 24.2. The summed E-state index contributed by atoms with van der Waals surface area (Å²) < 4.78 is 0. The van der Waals surface area contributed by atoms with Crippen molar-refractivity contribution < 1.29 is 0 Å². The average Bonchev–Trinajstić information content (AvgIpc) is 2.89. The molecule has 1 aromatic heterocycles. The molecule has 0 amide bonds. The summed E-state index contributed by atoms with van der Waals surface area (Å²) in [6.45, 7) is 4.14. The number of nitrogens with two attached hydrogens (primary N) is 2. The molecule has 2 heterocycles. The molecule has 0 radical (unpaired) electrons. The van der Waals surface area contributed by atoms with Crippen molar-refractivity contribution in [1.29, 1.82) is 10.5 Å². The Hall–Kier alpha value is -5.54. The van der Waals surface area contributed by atoms with Crippen molar-refractivity contribution >= 4 is 40.3 Å². The van der Waals surface area contributed by atoms with Gasteiger partial charge < -0.3 is 21.7 Å². The molecule has 0 saturated heterocycles. The number of benzene rings is 3. The number of rotatable bonds is 4. The minimum Gasteiger partial charge on any atom is -0.397 e. The summed E-state index contributed by atoms with van der Waals surface area (Å²) in [5.41, 5.74) is 19.3. The van der Waals surface area contributed by atoms with Gasteiger partial charge in [0.15, 0.2) is 6.19 Å². The number of fused-ring (bicyclic) bond motifs is 1. The van der Waals surface area contributed by atoms with E-state index in [1.165, 1.54) is 0 Å². The van der Waals surface area contributed by atoms with Crippen molar-refractivity contribution in [2.75, 3.05) is 21.7 Å². The van der Waals surface area contributed by atoms with Crippen LogP contribution in [-0.4, -0.2) is 10.9 Å². The Balaban J connectivity index is 1.62. The molecule has 0 saturated carbocycles. The lowest BCUT2D eigenvalue weighted by atomic mass is 9.95. The Morgan fingerprint density at radius 1 is 0.895 bits per heavy atom. The maximum atomic E-state index is 9.58. The molecular weight excluding hydrogens is 474 g/mol. The number of aromatic nitrogens is 1. The van der Waals surface area contributed by atoms with Crippen molar-refractivity contribution in [3.63, 3.8) is 0 Å². The number of aliphatic imine (C=N–C) groups is 1. The van der Waals surface area contributed by atoms with Crippen LogP contribution in [0.2, 0.25) is 0 Å². The van der Waals surface area contributed by atoms with Crippen LogP contribution >= 0.6 is 0 Å². The summed E-state index contributed by atoms with van der Waals surface area (Å²) in [6, 6.07) is 26.0. The largest absolute Gasteiger partial charge is 0.397 e. The fourth-order valence-electron chi connectivity index (χ4n) is 4.61. The van der Waals surface area contributed by atoms with Crippen LogP contribution in [0.4, 0.5) is 34.4 Å². The molecule has 4 aromatic rings. The van der Waals surface area contributed by atoms with Gasteiger partial charge in [0.25, 0.3) is 0 Å². The summed E-state index contributed by atoms with van der Waals surface area (Å²) in [7, 11) is 0. The van der Waals surface area contributed by atoms with E-state index in [0.717, 1.165) is 33.8 Å². The van der Waals surface area contributed by atoms with E-state index in [1.807, 2.05) is 48.7 Å². The van der Waals surface area contributed by atoms with Crippen molar-refractivity contribution in [2.24, 2.45) is 4.99 Å². The lowest BCUT2D eigenvalue weighted by Crippen LogP contribution is -2.32. The molecule has 1 unspecified atom stereocenters. The highest BCUT2D eigenvalue weighted by molar-refractivity contribution is 5.98. The quantitative estimate of drug-likeness (QED) is 0.222. The monoisotopic (exact) mass is 499 g/mol. The highest BCUT2D eigenvalue weighted by Gasteiger charge is 2.29. The SMILES string of the molecule is Cc1cccc(N(c2ccc(C3N=C(NC#N)Nc4nc(N)c(C#N)c(N)c43)cc2)c2cccc(C)c2)c1. The molecule has 9 nitrogen and oxygen atoms in total. The van der Waals surface area contributed by atoms with Gasteiger partial charge in [-0.15, -0.1) is 0 Å². The second kappa shape index (κ2) is 9.84. The Bertz CT molecular complexity index is 1600. The van der Waals surface area contributed by atoms with Crippen LogP contribution in [0, 0.1) is 36.6 Å². The number of nitrogens with one attached hydrogen (secondary N) is 2. The number of guanidine groups is 1. The molecule has 5 rings (SSSR count). The smallest absolute Gasteiger partial charge is 0.211 e. The van der Waals surface area contributed by atoms with Crippen LogP contribution in [0.3, 0.4) is 0 Å². The van der Waals surface area contributed by atoms with Crippen molar-refractivity contribution in [1.82, 2.24) is 10.3 Å². The minimum atomic E-state index is -0.609. The molecule has 1 aliphatic rings. The normalized spacial score (nSPS) is 13.8. The summed E-state index contributed by atoms with van der Waals surface area (Å²) in [5.74, 6) is 0.573. The van der Waals surface area contributed by atoms with E-state index < -0.39 is 6.04 Å². The van der Waals surface area contributed by atoms with E-state index in [1.54, 1.807) is 0 Å². The predicted molar refractivity (Wildman–Crippen MR) is 150 cm³/mol. The van der Waals surface area contributed by atoms with Gasteiger partial charge in [-0.25, -0.2) is 9.98 Å². The molecule has 9 heteroatoms. The van der Waals surface area contributed by atoms with Crippen LogP contribution in [-0.2, 0) is 0 Å². The molecule has 38 heavy (non-hydrogen) atoms. The van der Waals surface area contributed by atoms with Crippen LogP contribution in [0.5, 0.6) is 0 Å². The van der Waals surface area contributed by atoms with Crippen LogP contribution in [0.15, 0.2) is 77.8 Å². The second-order valence-electron chi connectivity index (χ2n) is 9.01. The van der Waals surface area contributed by atoms with E-state index in [9.17, 15) is 5.26 Å². The Kier molecular flexibility index (Phi) is 6.26. The lowest BCUT2D eigenvalue weighted by molar-refractivity contribution is 0.846. The van der Waals surface area contributed by atoms with Gasteiger partial charge >= 0.3 is 0 Å². The third kappa shape index (κ3) is 4.41. The topological polar surface area (TPSA) is 152 Å². The van der Waals surface area contributed by atoms with E-state index in [4.69, 9.17) is 16.7 Å². The molecule has 0 bridgehead atoms. The summed E-state index contributed by atoms with van der Waals surface area (Å²) in [5, 5.41) is 24.2. The van der Waals surface area contributed by atoms with Crippen molar-refractivity contribution in [2.45, 2.75) is 19.9 Å². The van der Waals surface area contributed by atoms with E-state index >= 15 is 0 Å². The molecule has 0 spiro atoms. The number of nitrogen functional groups attached to an aromatic ring is 2. The highest BCUT2D eigenvalue weighted by Crippen LogP contribution is 2.42. The molecule has 1 atom stereocenters.